The Morgan fingerprint density at radius 1 is 1.05 bits per heavy atom. The third kappa shape index (κ3) is 4.58. The van der Waals surface area contributed by atoms with E-state index in [4.69, 9.17) is 13.3 Å². The van der Waals surface area contributed by atoms with Gasteiger partial charge in [-0.1, -0.05) is 36.4 Å². The molecular formula is C15H24O3Si. The molecule has 1 aromatic carbocycles. The lowest BCUT2D eigenvalue weighted by Crippen LogP contribution is -2.42. The van der Waals surface area contributed by atoms with Gasteiger partial charge in [0.1, 0.15) is 0 Å². The van der Waals surface area contributed by atoms with Crippen LogP contribution >= 0.6 is 0 Å². The lowest BCUT2D eigenvalue weighted by atomic mass is 10.0. The molecule has 0 N–H and O–H groups in total. The monoisotopic (exact) mass is 280 g/mol. The minimum atomic E-state index is -2.41. The highest BCUT2D eigenvalue weighted by molar-refractivity contribution is 6.60. The summed E-state index contributed by atoms with van der Waals surface area (Å²) in [6.45, 7) is 5.96. The Morgan fingerprint density at radius 2 is 1.58 bits per heavy atom. The van der Waals surface area contributed by atoms with Crippen molar-refractivity contribution in [3.63, 3.8) is 0 Å². The van der Waals surface area contributed by atoms with Crippen molar-refractivity contribution in [1.29, 1.82) is 0 Å². The van der Waals surface area contributed by atoms with Crippen LogP contribution in [0.15, 0.2) is 30.8 Å². The molecule has 0 aromatic heterocycles. The number of rotatable bonds is 8. The lowest BCUT2D eigenvalue weighted by Gasteiger charge is -2.24. The minimum Gasteiger partial charge on any atom is -0.377 e. The van der Waals surface area contributed by atoms with Gasteiger partial charge in [0.2, 0.25) is 0 Å². The van der Waals surface area contributed by atoms with E-state index < -0.39 is 8.80 Å². The van der Waals surface area contributed by atoms with E-state index in [1.807, 2.05) is 6.92 Å². The zero-order valence-electron chi connectivity index (χ0n) is 12.4. The van der Waals surface area contributed by atoms with Gasteiger partial charge >= 0.3 is 8.80 Å². The van der Waals surface area contributed by atoms with E-state index in [2.05, 4.69) is 30.8 Å². The second-order valence-electron chi connectivity index (χ2n) is 4.63. The summed E-state index contributed by atoms with van der Waals surface area (Å²) in [4.78, 5) is 0. The summed E-state index contributed by atoms with van der Waals surface area (Å²) in [7, 11) is 2.55. The van der Waals surface area contributed by atoms with Crippen molar-refractivity contribution in [1.82, 2.24) is 0 Å². The van der Waals surface area contributed by atoms with Gasteiger partial charge in [-0.25, -0.2) is 0 Å². The smallest absolute Gasteiger partial charge is 0.377 e. The van der Waals surface area contributed by atoms with E-state index in [1.54, 1.807) is 21.3 Å². The van der Waals surface area contributed by atoms with E-state index in [0.29, 0.717) is 0 Å². The molecule has 0 spiro atoms. The summed E-state index contributed by atoms with van der Waals surface area (Å²) >= 11 is 0. The molecule has 0 atom stereocenters. The molecule has 0 bridgehead atoms. The molecule has 0 fully saturated rings. The van der Waals surface area contributed by atoms with Gasteiger partial charge in [-0.3, -0.25) is 0 Å². The van der Waals surface area contributed by atoms with Gasteiger partial charge in [0.05, 0.1) is 0 Å². The van der Waals surface area contributed by atoms with Crippen LogP contribution in [0, 0.1) is 0 Å². The molecule has 19 heavy (non-hydrogen) atoms. The summed E-state index contributed by atoms with van der Waals surface area (Å²) < 4.78 is 16.2. The first-order chi connectivity index (χ1) is 9.06. The molecule has 0 unspecified atom stereocenters. The fourth-order valence-electron chi connectivity index (χ4n) is 2.02. The highest BCUT2D eigenvalue weighted by Crippen LogP contribution is 2.18. The number of allylic oxidation sites excluding steroid dienone is 1. The molecule has 0 saturated carbocycles. The SMILES string of the molecule is C=C(C)c1ccc(CCC[Si](OC)(OC)OC)cc1. The van der Waals surface area contributed by atoms with Crippen molar-refractivity contribution in [3.8, 4) is 0 Å². The van der Waals surface area contributed by atoms with Gasteiger partial charge in [-0.15, -0.1) is 0 Å². The quantitative estimate of drug-likeness (QED) is 0.682. The minimum absolute atomic E-state index is 0.832. The number of benzene rings is 1. The molecule has 0 aliphatic heterocycles. The average molecular weight is 280 g/mol. The molecule has 0 aliphatic carbocycles. The normalized spacial score (nSPS) is 11.6. The van der Waals surface area contributed by atoms with Crippen molar-refractivity contribution in [2.45, 2.75) is 25.8 Å². The molecule has 3 nitrogen and oxygen atoms in total. The van der Waals surface area contributed by atoms with Gasteiger partial charge in [0, 0.05) is 27.4 Å². The maximum absolute atomic E-state index is 5.41. The molecular weight excluding hydrogens is 256 g/mol. The average Bonchev–Trinajstić information content (AvgIpc) is 2.45. The van der Waals surface area contributed by atoms with Crippen molar-refractivity contribution in [2.75, 3.05) is 21.3 Å². The molecule has 0 saturated heterocycles. The molecule has 0 aliphatic rings. The van der Waals surface area contributed by atoms with Crippen LogP contribution in [0.25, 0.3) is 5.57 Å². The van der Waals surface area contributed by atoms with Crippen LogP contribution in [0.2, 0.25) is 6.04 Å². The van der Waals surface area contributed by atoms with E-state index in [0.717, 1.165) is 24.5 Å². The van der Waals surface area contributed by atoms with Gasteiger partial charge in [-0.2, -0.15) is 0 Å². The van der Waals surface area contributed by atoms with Gasteiger partial charge < -0.3 is 13.3 Å². The molecule has 1 aromatic rings. The van der Waals surface area contributed by atoms with Crippen LogP contribution in [-0.2, 0) is 19.7 Å². The predicted octanol–water partition coefficient (Wildman–Crippen LogP) is 3.53. The molecule has 0 heterocycles. The van der Waals surface area contributed by atoms with E-state index in [1.165, 1.54) is 11.1 Å². The van der Waals surface area contributed by atoms with Crippen LogP contribution in [0.5, 0.6) is 0 Å². The summed E-state index contributed by atoms with van der Waals surface area (Å²) in [5.41, 5.74) is 3.60. The Kier molecular flexibility index (Phi) is 6.44. The largest absolute Gasteiger partial charge is 0.500 e. The van der Waals surface area contributed by atoms with Gasteiger partial charge in [-0.05, 0) is 30.9 Å². The second-order valence-corrected chi connectivity index (χ2v) is 7.72. The standard InChI is InChI=1S/C15H24O3Si/c1-13(2)15-10-8-14(9-11-15)7-6-12-19(16-3,17-4)18-5/h8-11H,1,6-7,12H2,2-5H3. The highest BCUT2D eigenvalue weighted by Gasteiger charge is 2.36. The van der Waals surface area contributed by atoms with E-state index in [-0.39, 0.29) is 0 Å². The van der Waals surface area contributed by atoms with Gasteiger partial charge in [0.15, 0.2) is 0 Å². The Hall–Kier alpha value is -0.943. The summed E-state index contributed by atoms with van der Waals surface area (Å²) in [6, 6.07) is 9.37. The first kappa shape index (κ1) is 16.1. The number of hydrogen-bond acceptors (Lipinski definition) is 3. The molecule has 0 amide bonds. The Labute approximate surface area is 117 Å². The van der Waals surface area contributed by atoms with Crippen LogP contribution in [-0.4, -0.2) is 30.1 Å². The van der Waals surface area contributed by atoms with Crippen molar-refractivity contribution < 1.29 is 13.3 Å². The molecule has 4 heteroatoms. The molecule has 1 rings (SSSR count). The topological polar surface area (TPSA) is 27.7 Å². The van der Waals surface area contributed by atoms with Crippen molar-refractivity contribution >= 4 is 14.4 Å². The zero-order chi connectivity index (χ0) is 14.3. The van der Waals surface area contributed by atoms with E-state index >= 15 is 0 Å². The van der Waals surface area contributed by atoms with Crippen molar-refractivity contribution in [3.05, 3.63) is 42.0 Å². The van der Waals surface area contributed by atoms with Crippen LogP contribution in [0.4, 0.5) is 0 Å². The molecule has 0 radical (unpaired) electrons. The zero-order valence-corrected chi connectivity index (χ0v) is 13.4. The lowest BCUT2D eigenvalue weighted by molar-refractivity contribution is 0.123. The fourth-order valence-corrected chi connectivity index (χ4v) is 3.74. The third-order valence-corrected chi connectivity index (χ3v) is 6.16. The summed E-state index contributed by atoms with van der Waals surface area (Å²) in [6.07, 6.45) is 2.00. The maximum atomic E-state index is 5.41. The maximum Gasteiger partial charge on any atom is 0.500 e. The van der Waals surface area contributed by atoms with Gasteiger partial charge in [0.25, 0.3) is 0 Å². The predicted molar refractivity (Wildman–Crippen MR) is 81.1 cm³/mol. The highest BCUT2D eigenvalue weighted by atomic mass is 28.4. The number of hydrogen-bond donors (Lipinski definition) is 0. The van der Waals surface area contributed by atoms with Crippen molar-refractivity contribution in [2.24, 2.45) is 0 Å². The number of aryl methyl sites for hydroxylation is 1. The Balaban J connectivity index is 2.51. The first-order valence-corrected chi connectivity index (χ1v) is 8.40. The first-order valence-electron chi connectivity index (χ1n) is 6.47. The van der Waals surface area contributed by atoms with E-state index in [9.17, 15) is 0 Å². The summed E-state index contributed by atoms with van der Waals surface area (Å²) in [5.74, 6) is 0. The third-order valence-electron chi connectivity index (χ3n) is 3.33. The van der Waals surface area contributed by atoms with Crippen LogP contribution in [0.3, 0.4) is 0 Å². The Bertz CT molecular complexity index is 388. The van der Waals surface area contributed by atoms with Crippen LogP contribution in [0.1, 0.15) is 24.5 Å². The molecule has 106 valence electrons. The second kappa shape index (κ2) is 7.60. The van der Waals surface area contributed by atoms with Crippen LogP contribution < -0.4 is 0 Å². The summed E-state index contributed by atoms with van der Waals surface area (Å²) in [5, 5.41) is 0. The fraction of sp³-hybridized carbons (Fsp3) is 0.467. The Morgan fingerprint density at radius 3 is 2.00 bits per heavy atom.